The van der Waals surface area contributed by atoms with Crippen molar-refractivity contribution in [2.24, 2.45) is 0 Å². The molecule has 0 saturated heterocycles. The van der Waals surface area contributed by atoms with E-state index in [0.29, 0.717) is 11.4 Å². The molecule has 0 spiro atoms. The highest BCUT2D eigenvalue weighted by atomic mass is 32.2. The fraction of sp³-hybridized carbons (Fsp3) is 0.154. The van der Waals surface area contributed by atoms with Crippen LogP contribution in [0.25, 0.3) is 0 Å². The molecule has 2 rings (SSSR count). The van der Waals surface area contributed by atoms with Gasteiger partial charge in [-0.15, -0.1) is 11.8 Å². The van der Waals surface area contributed by atoms with Crippen molar-refractivity contribution in [1.29, 1.82) is 0 Å². The molecule has 4 nitrogen and oxygen atoms in total. The Bertz CT molecular complexity index is 511. The van der Waals surface area contributed by atoms with Crippen LogP contribution in [0.4, 0.5) is 10.5 Å². The van der Waals surface area contributed by atoms with E-state index in [-0.39, 0.29) is 6.61 Å². The molecule has 5 heteroatoms. The highest BCUT2D eigenvalue weighted by Gasteiger charge is 2.05. The number of nitrogens with one attached hydrogen (secondary N) is 1. The van der Waals surface area contributed by atoms with E-state index in [1.54, 1.807) is 30.2 Å². The lowest BCUT2D eigenvalue weighted by molar-refractivity contribution is 0.146. The van der Waals surface area contributed by atoms with Crippen molar-refractivity contribution < 1.29 is 13.9 Å². The van der Waals surface area contributed by atoms with Gasteiger partial charge in [-0.1, -0.05) is 6.07 Å². The maximum Gasteiger partial charge on any atom is 0.412 e. The first-order chi connectivity index (χ1) is 8.78. The number of ether oxygens (including phenoxy) is 1. The maximum atomic E-state index is 11.5. The predicted molar refractivity (Wildman–Crippen MR) is 70.7 cm³/mol. The Labute approximate surface area is 109 Å². The first-order valence-electron chi connectivity index (χ1n) is 5.38. The minimum absolute atomic E-state index is 0.126. The molecule has 1 aromatic heterocycles. The maximum absolute atomic E-state index is 11.5. The van der Waals surface area contributed by atoms with Crippen molar-refractivity contribution in [1.82, 2.24) is 0 Å². The lowest BCUT2D eigenvalue weighted by Crippen LogP contribution is -2.13. The summed E-state index contributed by atoms with van der Waals surface area (Å²) in [4.78, 5) is 12.6. The average Bonchev–Trinajstić information content (AvgIpc) is 2.90. The Hall–Kier alpha value is -1.88. The second kappa shape index (κ2) is 6.16. The SMILES string of the molecule is CSc1cccc(NC(=O)OCc2ccco2)c1. The number of carbonyl (C=O) groups is 1. The summed E-state index contributed by atoms with van der Waals surface area (Å²) in [6.07, 6.45) is 3.03. The summed E-state index contributed by atoms with van der Waals surface area (Å²) in [5.74, 6) is 0.614. The summed E-state index contributed by atoms with van der Waals surface area (Å²) in [6, 6.07) is 11.1. The van der Waals surface area contributed by atoms with Crippen molar-refractivity contribution in [3.05, 3.63) is 48.4 Å². The van der Waals surface area contributed by atoms with Crippen LogP contribution in [0.2, 0.25) is 0 Å². The van der Waals surface area contributed by atoms with Crippen molar-refractivity contribution in [2.75, 3.05) is 11.6 Å². The standard InChI is InChI=1S/C13H13NO3S/c1-18-12-6-2-4-10(8-12)14-13(15)17-9-11-5-3-7-16-11/h2-8H,9H2,1H3,(H,14,15). The van der Waals surface area contributed by atoms with Crippen LogP contribution in [0, 0.1) is 0 Å². The van der Waals surface area contributed by atoms with E-state index in [9.17, 15) is 4.79 Å². The van der Waals surface area contributed by atoms with E-state index in [1.165, 1.54) is 0 Å². The molecule has 1 amide bonds. The minimum atomic E-state index is -0.496. The van der Waals surface area contributed by atoms with Gasteiger partial charge in [0.15, 0.2) is 6.61 Å². The van der Waals surface area contributed by atoms with Crippen LogP contribution in [0.15, 0.2) is 52.0 Å². The van der Waals surface area contributed by atoms with Crippen molar-refractivity contribution >= 4 is 23.5 Å². The molecule has 0 radical (unpaired) electrons. The number of anilines is 1. The van der Waals surface area contributed by atoms with E-state index >= 15 is 0 Å². The highest BCUT2D eigenvalue weighted by molar-refractivity contribution is 7.98. The third kappa shape index (κ3) is 3.56. The molecule has 2 aromatic rings. The smallest absolute Gasteiger partial charge is 0.412 e. The van der Waals surface area contributed by atoms with Crippen molar-refractivity contribution in [2.45, 2.75) is 11.5 Å². The monoisotopic (exact) mass is 263 g/mol. The van der Waals surface area contributed by atoms with Crippen molar-refractivity contribution in [3.63, 3.8) is 0 Å². The minimum Gasteiger partial charge on any atom is -0.466 e. The van der Waals surface area contributed by atoms with Crippen LogP contribution in [0.5, 0.6) is 0 Å². The fourth-order valence-corrected chi connectivity index (χ4v) is 1.85. The summed E-state index contributed by atoms with van der Waals surface area (Å²) in [5.41, 5.74) is 0.714. The number of benzene rings is 1. The Morgan fingerprint density at radius 2 is 2.28 bits per heavy atom. The van der Waals surface area contributed by atoms with Crippen LogP contribution < -0.4 is 5.32 Å². The van der Waals surface area contributed by atoms with Gasteiger partial charge in [0, 0.05) is 10.6 Å². The zero-order chi connectivity index (χ0) is 12.8. The molecule has 0 aliphatic carbocycles. The van der Waals surface area contributed by atoms with Gasteiger partial charge in [0.1, 0.15) is 5.76 Å². The molecule has 0 atom stereocenters. The molecule has 0 bridgehead atoms. The largest absolute Gasteiger partial charge is 0.466 e. The van der Waals surface area contributed by atoms with Gasteiger partial charge >= 0.3 is 6.09 Å². The first kappa shape index (κ1) is 12.6. The zero-order valence-electron chi connectivity index (χ0n) is 9.88. The van der Waals surface area contributed by atoms with E-state index in [4.69, 9.17) is 9.15 Å². The van der Waals surface area contributed by atoms with Gasteiger partial charge in [-0.3, -0.25) is 5.32 Å². The molecule has 0 saturated carbocycles. The molecule has 1 N–H and O–H groups in total. The van der Waals surface area contributed by atoms with Crippen LogP contribution in [-0.2, 0) is 11.3 Å². The molecule has 0 aliphatic heterocycles. The molecule has 1 aromatic carbocycles. The lowest BCUT2D eigenvalue weighted by atomic mass is 10.3. The molecule has 94 valence electrons. The summed E-state index contributed by atoms with van der Waals surface area (Å²) >= 11 is 1.61. The Kier molecular flexibility index (Phi) is 4.30. The number of furan rings is 1. The van der Waals surface area contributed by atoms with Gasteiger partial charge in [-0.2, -0.15) is 0 Å². The molecule has 1 heterocycles. The average molecular weight is 263 g/mol. The van der Waals surface area contributed by atoms with Gasteiger partial charge in [0.25, 0.3) is 0 Å². The van der Waals surface area contributed by atoms with Crippen molar-refractivity contribution in [3.8, 4) is 0 Å². The quantitative estimate of drug-likeness (QED) is 0.853. The number of hydrogen-bond donors (Lipinski definition) is 1. The number of hydrogen-bond acceptors (Lipinski definition) is 4. The van der Waals surface area contributed by atoms with Crippen LogP contribution >= 0.6 is 11.8 Å². The molecule has 0 unspecified atom stereocenters. The fourth-order valence-electron chi connectivity index (χ4n) is 1.39. The summed E-state index contributed by atoms with van der Waals surface area (Å²) in [5, 5.41) is 2.66. The number of thioether (sulfide) groups is 1. The second-order valence-corrected chi connectivity index (χ2v) is 4.39. The summed E-state index contributed by atoms with van der Waals surface area (Å²) < 4.78 is 10.1. The van der Waals surface area contributed by atoms with Gasteiger partial charge < -0.3 is 9.15 Å². The number of rotatable bonds is 4. The van der Waals surface area contributed by atoms with E-state index in [0.717, 1.165) is 4.90 Å². The molecule has 0 aliphatic rings. The molecular formula is C13H13NO3S. The molecule has 18 heavy (non-hydrogen) atoms. The third-order valence-electron chi connectivity index (χ3n) is 2.24. The van der Waals surface area contributed by atoms with E-state index in [1.807, 2.05) is 30.5 Å². The van der Waals surface area contributed by atoms with Crippen LogP contribution in [0.1, 0.15) is 5.76 Å². The summed E-state index contributed by atoms with van der Waals surface area (Å²) in [6.45, 7) is 0.126. The predicted octanol–water partition coefficient (Wildman–Crippen LogP) is 3.75. The van der Waals surface area contributed by atoms with Crippen LogP contribution in [-0.4, -0.2) is 12.3 Å². The number of amides is 1. The molecular weight excluding hydrogens is 250 g/mol. The molecule has 0 fully saturated rings. The van der Waals surface area contributed by atoms with Gasteiger partial charge in [-0.25, -0.2) is 4.79 Å². The lowest BCUT2D eigenvalue weighted by Gasteiger charge is -2.06. The highest BCUT2D eigenvalue weighted by Crippen LogP contribution is 2.19. The normalized spacial score (nSPS) is 10.1. The Balaban J connectivity index is 1.86. The van der Waals surface area contributed by atoms with E-state index in [2.05, 4.69) is 5.32 Å². The van der Waals surface area contributed by atoms with Gasteiger partial charge in [0.05, 0.1) is 6.26 Å². The zero-order valence-corrected chi connectivity index (χ0v) is 10.7. The number of carbonyl (C=O) groups excluding carboxylic acids is 1. The second-order valence-electron chi connectivity index (χ2n) is 3.51. The van der Waals surface area contributed by atoms with Gasteiger partial charge in [-0.05, 0) is 36.6 Å². The Morgan fingerprint density at radius 3 is 3.00 bits per heavy atom. The third-order valence-corrected chi connectivity index (χ3v) is 2.97. The summed E-state index contributed by atoms with van der Waals surface area (Å²) in [7, 11) is 0. The topological polar surface area (TPSA) is 51.5 Å². The first-order valence-corrected chi connectivity index (χ1v) is 6.60. The van der Waals surface area contributed by atoms with E-state index < -0.39 is 6.09 Å². The van der Waals surface area contributed by atoms with Gasteiger partial charge in [0.2, 0.25) is 0 Å². The Morgan fingerprint density at radius 1 is 1.39 bits per heavy atom. The van der Waals surface area contributed by atoms with Crippen LogP contribution in [0.3, 0.4) is 0 Å².